The molecule has 2 aromatic rings. The van der Waals surface area contributed by atoms with Crippen molar-refractivity contribution in [3.05, 3.63) is 59.5 Å². The molecule has 1 aliphatic rings. The quantitative estimate of drug-likeness (QED) is 0.761. The summed E-state index contributed by atoms with van der Waals surface area (Å²) in [6.45, 7) is 1.96. The van der Waals surface area contributed by atoms with Crippen molar-refractivity contribution in [2.24, 2.45) is 0 Å². The molecule has 0 radical (unpaired) electrons. The topological polar surface area (TPSA) is 36.4 Å². The molecule has 144 valence electrons. The van der Waals surface area contributed by atoms with Crippen LogP contribution in [0.5, 0.6) is 0 Å². The Morgan fingerprint density at radius 2 is 1.81 bits per heavy atom. The Hall–Kier alpha value is -2.64. The lowest BCUT2D eigenvalue weighted by Gasteiger charge is -2.35. The molecule has 0 bridgehead atoms. The van der Waals surface area contributed by atoms with Crippen LogP contribution in [0, 0.1) is 5.82 Å². The first-order valence-corrected chi connectivity index (χ1v) is 8.63. The van der Waals surface area contributed by atoms with Gasteiger partial charge in [-0.25, -0.2) is 9.37 Å². The summed E-state index contributed by atoms with van der Waals surface area (Å²) in [6, 6.07) is 8.54. The summed E-state index contributed by atoms with van der Waals surface area (Å²) in [6.07, 6.45) is -2.82. The zero-order chi connectivity index (χ0) is 19.4. The third kappa shape index (κ3) is 4.96. The summed E-state index contributed by atoms with van der Waals surface area (Å²) >= 11 is 0. The fraction of sp³-hybridized carbons (Fsp3) is 0.368. The molecule has 27 heavy (non-hydrogen) atoms. The van der Waals surface area contributed by atoms with E-state index in [1.54, 1.807) is 17.0 Å². The summed E-state index contributed by atoms with van der Waals surface area (Å²) in [4.78, 5) is 19.8. The molecule has 8 heteroatoms. The van der Waals surface area contributed by atoms with Crippen molar-refractivity contribution in [3.63, 3.8) is 0 Å². The number of alkyl halides is 3. The first-order chi connectivity index (χ1) is 12.8. The minimum atomic E-state index is -4.40. The number of amides is 1. The minimum absolute atomic E-state index is 0.0145. The van der Waals surface area contributed by atoms with E-state index in [4.69, 9.17) is 0 Å². The van der Waals surface area contributed by atoms with Crippen molar-refractivity contribution < 1.29 is 22.4 Å². The second-order valence-corrected chi connectivity index (χ2v) is 6.40. The average molecular weight is 381 g/mol. The summed E-state index contributed by atoms with van der Waals surface area (Å²) < 4.78 is 51.0. The number of carbonyl (C=O) groups excluding carboxylic acids is 1. The molecule has 0 atom stereocenters. The molecule has 4 nitrogen and oxygen atoms in total. The van der Waals surface area contributed by atoms with Crippen molar-refractivity contribution in [3.8, 4) is 0 Å². The first kappa shape index (κ1) is 19.1. The number of nitrogens with zero attached hydrogens (tertiary/aromatic N) is 3. The lowest BCUT2D eigenvalue weighted by atomic mass is 10.1. The number of rotatable bonds is 4. The highest BCUT2D eigenvalue weighted by Gasteiger charge is 2.31. The van der Waals surface area contributed by atoms with E-state index < -0.39 is 11.7 Å². The smallest absolute Gasteiger partial charge is 0.353 e. The maximum Gasteiger partial charge on any atom is 0.417 e. The largest absolute Gasteiger partial charge is 0.417 e. The third-order valence-corrected chi connectivity index (χ3v) is 4.55. The molecule has 1 aromatic carbocycles. The highest BCUT2D eigenvalue weighted by atomic mass is 19.4. The fourth-order valence-corrected chi connectivity index (χ4v) is 3.03. The number of pyridine rings is 1. The number of hydrogen-bond donors (Lipinski definition) is 0. The Morgan fingerprint density at radius 3 is 2.41 bits per heavy atom. The maximum absolute atomic E-state index is 13.2. The number of halogens is 4. The van der Waals surface area contributed by atoms with Crippen LogP contribution in [-0.4, -0.2) is 42.0 Å². The van der Waals surface area contributed by atoms with Gasteiger partial charge >= 0.3 is 6.18 Å². The van der Waals surface area contributed by atoms with Gasteiger partial charge in [-0.3, -0.25) is 4.79 Å². The van der Waals surface area contributed by atoms with Gasteiger partial charge in [-0.15, -0.1) is 0 Å². The molecule has 0 saturated carbocycles. The molecule has 0 N–H and O–H groups in total. The Balaban J connectivity index is 1.50. The van der Waals surface area contributed by atoms with Crippen molar-refractivity contribution in [1.29, 1.82) is 0 Å². The van der Waals surface area contributed by atoms with Gasteiger partial charge in [0, 0.05) is 38.8 Å². The van der Waals surface area contributed by atoms with Gasteiger partial charge in [0.1, 0.15) is 11.6 Å². The molecule has 0 aliphatic carbocycles. The number of hydrogen-bond acceptors (Lipinski definition) is 3. The SMILES string of the molecule is O=C(CCc1cccc(F)c1)N1CCN(c2ccc(C(F)(F)F)cn2)CC1. The standard InChI is InChI=1S/C19H19F4N3O/c20-16-3-1-2-14(12-16)4-7-18(27)26-10-8-25(9-11-26)17-6-5-15(13-24-17)19(21,22)23/h1-3,5-6,12-13H,4,7-11H2. The van der Waals surface area contributed by atoms with E-state index in [9.17, 15) is 22.4 Å². The van der Waals surface area contributed by atoms with E-state index in [1.165, 1.54) is 18.2 Å². The average Bonchev–Trinajstić information content (AvgIpc) is 2.66. The van der Waals surface area contributed by atoms with E-state index in [2.05, 4.69) is 4.98 Å². The van der Waals surface area contributed by atoms with Crippen LogP contribution in [0.2, 0.25) is 0 Å². The molecule has 1 fully saturated rings. The van der Waals surface area contributed by atoms with Gasteiger partial charge in [-0.1, -0.05) is 12.1 Å². The Kier molecular flexibility index (Phi) is 5.62. The van der Waals surface area contributed by atoms with E-state index in [1.807, 2.05) is 4.90 Å². The second kappa shape index (κ2) is 7.94. The van der Waals surface area contributed by atoms with Crippen LogP contribution < -0.4 is 4.90 Å². The fourth-order valence-electron chi connectivity index (χ4n) is 3.03. The van der Waals surface area contributed by atoms with Crippen LogP contribution in [-0.2, 0) is 17.4 Å². The van der Waals surface area contributed by atoms with Crippen LogP contribution in [0.15, 0.2) is 42.6 Å². The minimum Gasteiger partial charge on any atom is -0.353 e. The molecular formula is C19H19F4N3O. The Morgan fingerprint density at radius 1 is 1.07 bits per heavy atom. The van der Waals surface area contributed by atoms with Gasteiger partial charge in [0.25, 0.3) is 0 Å². The van der Waals surface area contributed by atoms with Crippen LogP contribution in [0.25, 0.3) is 0 Å². The van der Waals surface area contributed by atoms with Crippen molar-refractivity contribution in [1.82, 2.24) is 9.88 Å². The van der Waals surface area contributed by atoms with E-state index in [0.29, 0.717) is 44.8 Å². The van der Waals surface area contributed by atoms with Crippen molar-refractivity contribution in [2.75, 3.05) is 31.1 Å². The number of carbonyl (C=O) groups is 1. The van der Waals surface area contributed by atoms with Gasteiger partial charge in [0.05, 0.1) is 5.56 Å². The Bertz CT molecular complexity index is 784. The summed E-state index contributed by atoms with van der Waals surface area (Å²) in [5.74, 6) is 0.131. The van der Waals surface area contributed by atoms with Gasteiger partial charge in [-0.05, 0) is 36.2 Å². The monoisotopic (exact) mass is 381 g/mol. The Labute approximate surface area is 154 Å². The van der Waals surface area contributed by atoms with Gasteiger partial charge in [-0.2, -0.15) is 13.2 Å². The molecule has 0 unspecified atom stereocenters. The van der Waals surface area contributed by atoms with Gasteiger partial charge < -0.3 is 9.80 Å². The molecule has 2 heterocycles. The second-order valence-electron chi connectivity index (χ2n) is 6.40. The molecule has 1 aliphatic heterocycles. The highest BCUT2D eigenvalue weighted by Crippen LogP contribution is 2.29. The number of benzene rings is 1. The maximum atomic E-state index is 13.2. The third-order valence-electron chi connectivity index (χ3n) is 4.55. The molecule has 1 amide bonds. The van der Waals surface area contributed by atoms with Gasteiger partial charge in [0.15, 0.2) is 0 Å². The van der Waals surface area contributed by atoms with Crippen molar-refractivity contribution in [2.45, 2.75) is 19.0 Å². The van der Waals surface area contributed by atoms with Crippen LogP contribution in [0.4, 0.5) is 23.4 Å². The number of piperazine rings is 1. The molecule has 1 saturated heterocycles. The van der Waals surface area contributed by atoms with Crippen LogP contribution in [0.1, 0.15) is 17.5 Å². The van der Waals surface area contributed by atoms with Crippen LogP contribution in [0.3, 0.4) is 0 Å². The zero-order valence-electron chi connectivity index (χ0n) is 14.5. The van der Waals surface area contributed by atoms with Crippen LogP contribution >= 0.6 is 0 Å². The lowest BCUT2D eigenvalue weighted by molar-refractivity contribution is -0.137. The summed E-state index contributed by atoms with van der Waals surface area (Å²) in [7, 11) is 0. The predicted molar refractivity (Wildman–Crippen MR) is 92.8 cm³/mol. The predicted octanol–water partition coefficient (Wildman–Crippen LogP) is 3.52. The van der Waals surface area contributed by atoms with E-state index in [-0.39, 0.29) is 11.7 Å². The van der Waals surface area contributed by atoms with E-state index in [0.717, 1.165) is 17.8 Å². The van der Waals surface area contributed by atoms with Gasteiger partial charge in [0.2, 0.25) is 5.91 Å². The zero-order valence-corrected chi connectivity index (χ0v) is 14.5. The first-order valence-electron chi connectivity index (χ1n) is 8.63. The molecule has 3 rings (SSSR count). The summed E-state index contributed by atoms with van der Waals surface area (Å²) in [5.41, 5.74) is -0.00615. The number of aryl methyl sites for hydroxylation is 1. The molecule has 1 aromatic heterocycles. The number of aromatic nitrogens is 1. The van der Waals surface area contributed by atoms with Crippen molar-refractivity contribution >= 4 is 11.7 Å². The molecule has 0 spiro atoms. The highest BCUT2D eigenvalue weighted by molar-refractivity contribution is 5.76. The normalized spacial score (nSPS) is 15.1. The number of anilines is 1. The summed E-state index contributed by atoms with van der Waals surface area (Å²) in [5, 5.41) is 0. The molecular weight excluding hydrogens is 362 g/mol. The lowest BCUT2D eigenvalue weighted by Crippen LogP contribution is -2.49. The van der Waals surface area contributed by atoms with E-state index >= 15 is 0 Å².